The maximum absolute atomic E-state index is 14.0. The Kier molecular flexibility index (Phi) is 5.00. The van der Waals surface area contributed by atoms with Crippen molar-refractivity contribution in [2.75, 3.05) is 20.1 Å². The van der Waals surface area contributed by atoms with Crippen LogP contribution in [0.25, 0.3) is 16.5 Å². The predicted octanol–water partition coefficient (Wildman–Crippen LogP) is 5.04. The third-order valence-electron chi connectivity index (χ3n) is 4.92. The van der Waals surface area contributed by atoms with Gasteiger partial charge in [-0.1, -0.05) is 29.3 Å². The van der Waals surface area contributed by atoms with Gasteiger partial charge in [0.1, 0.15) is 10.7 Å². The van der Waals surface area contributed by atoms with E-state index in [0.29, 0.717) is 16.5 Å². The van der Waals surface area contributed by atoms with Crippen molar-refractivity contribution in [2.45, 2.75) is 11.3 Å². The monoisotopic (exact) mass is 438 g/mol. The highest BCUT2D eigenvalue weighted by Crippen LogP contribution is 2.35. The molecule has 3 aromatic rings. The number of likely N-dealkylation sites (N-methyl/N-ethyl adjacent to an activating group) is 1. The van der Waals surface area contributed by atoms with Crippen molar-refractivity contribution < 1.29 is 12.8 Å². The van der Waals surface area contributed by atoms with Crippen LogP contribution in [0.15, 0.2) is 53.6 Å². The van der Waals surface area contributed by atoms with E-state index < -0.39 is 15.8 Å². The molecule has 0 saturated carbocycles. The molecule has 146 valence electrons. The number of nitrogens with zero attached hydrogens (tertiary/aromatic N) is 2. The lowest BCUT2D eigenvalue weighted by Gasteiger charge is -2.21. The first-order valence-corrected chi connectivity index (χ1v) is 10.9. The first-order valence-electron chi connectivity index (χ1n) is 8.66. The fraction of sp³-hybridized carbons (Fsp3) is 0.200. The van der Waals surface area contributed by atoms with Crippen molar-refractivity contribution in [2.24, 2.45) is 0 Å². The SMILES string of the molecule is CN1CC=C(c2cn(S(=O)(=O)c3cc(Cl)ccc3Cl)c3ccc(F)cc23)CC1. The van der Waals surface area contributed by atoms with E-state index in [2.05, 4.69) is 4.90 Å². The third-order valence-corrected chi connectivity index (χ3v) is 7.31. The second-order valence-corrected chi connectivity index (χ2v) is 9.45. The highest BCUT2D eigenvalue weighted by Gasteiger charge is 2.25. The van der Waals surface area contributed by atoms with Gasteiger partial charge in [-0.3, -0.25) is 0 Å². The van der Waals surface area contributed by atoms with E-state index in [1.54, 1.807) is 6.20 Å². The Balaban J connectivity index is 1.97. The van der Waals surface area contributed by atoms with E-state index in [4.69, 9.17) is 23.2 Å². The van der Waals surface area contributed by atoms with Gasteiger partial charge in [0.05, 0.1) is 10.5 Å². The van der Waals surface area contributed by atoms with Gasteiger partial charge in [-0.25, -0.2) is 16.8 Å². The van der Waals surface area contributed by atoms with Crippen molar-refractivity contribution >= 4 is 49.7 Å². The van der Waals surface area contributed by atoms with Crippen LogP contribution in [0.2, 0.25) is 10.0 Å². The Morgan fingerprint density at radius 1 is 1.11 bits per heavy atom. The van der Waals surface area contributed by atoms with Crippen molar-refractivity contribution in [1.29, 1.82) is 0 Å². The quantitative estimate of drug-likeness (QED) is 0.574. The van der Waals surface area contributed by atoms with Crippen molar-refractivity contribution in [1.82, 2.24) is 8.87 Å². The first kappa shape index (κ1) is 19.5. The summed E-state index contributed by atoms with van der Waals surface area (Å²) < 4.78 is 41.8. The lowest BCUT2D eigenvalue weighted by Crippen LogP contribution is -2.23. The van der Waals surface area contributed by atoms with Crippen molar-refractivity contribution in [3.05, 3.63) is 70.1 Å². The molecule has 0 amide bonds. The number of hydrogen-bond donors (Lipinski definition) is 0. The van der Waals surface area contributed by atoms with Gasteiger partial charge in [-0.2, -0.15) is 0 Å². The molecule has 2 aromatic carbocycles. The zero-order chi connectivity index (χ0) is 20.1. The molecule has 0 N–H and O–H groups in total. The van der Waals surface area contributed by atoms with Crippen LogP contribution in [-0.2, 0) is 10.0 Å². The summed E-state index contributed by atoms with van der Waals surface area (Å²) in [5, 5.41) is 0.898. The highest BCUT2D eigenvalue weighted by molar-refractivity contribution is 7.90. The maximum atomic E-state index is 14.0. The van der Waals surface area contributed by atoms with Crippen molar-refractivity contribution in [3.63, 3.8) is 0 Å². The summed E-state index contributed by atoms with van der Waals surface area (Å²) in [6.07, 6.45) is 4.35. The second kappa shape index (κ2) is 7.19. The zero-order valence-corrected chi connectivity index (χ0v) is 17.3. The minimum Gasteiger partial charge on any atom is -0.302 e. The predicted molar refractivity (Wildman–Crippen MR) is 111 cm³/mol. The van der Waals surface area contributed by atoms with Gasteiger partial charge in [-0.05, 0) is 55.4 Å². The Hall–Kier alpha value is -1.86. The van der Waals surface area contributed by atoms with E-state index in [1.807, 2.05) is 13.1 Å². The molecule has 0 unspecified atom stereocenters. The molecule has 0 radical (unpaired) electrons. The number of benzene rings is 2. The number of rotatable bonds is 3. The summed E-state index contributed by atoms with van der Waals surface area (Å²) in [7, 11) is -2.00. The molecule has 0 spiro atoms. The molecule has 8 heteroatoms. The third kappa shape index (κ3) is 3.35. The fourth-order valence-electron chi connectivity index (χ4n) is 3.42. The number of halogens is 3. The lowest BCUT2D eigenvalue weighted by atomic mass is 9.99. The standard InChI is InChI=1S/C20H17Cl2FN2O2S/c1-24-8-6-13(7-9-24)17-12-25(19-5-3-15(23)11-16(17)19)28(26,27)20-10-14(21)2-4-18(20)22/h2-6,10-12H,7-9H2,1H3. The topological polar surface area (TPSA) is 42.3 Å². The molecule has 4 rings (SSSR count). The lowest BCUT2D eigenvalue weighted by molar-refractivity contribution is 0.370. The summed E-state index contributed by atoms with van der Waals surface area (Å²) in [5.74, 6) is -0.418. The average Bonchev–Trinajstić information content (AvgIpc) is 3.03. The van der Waals surface area contributed by atoms with Crippen LogP contribution in [0.4, 0.5) is 4.39 Å². The molecule has 1 aromatic heterocycles. The zero-order valence-electron chi connectivity index (χ0n) is 15.0. The summed E-state index contributed by atoms with van der Waals surface area (Å²) in [6.45, 7) is 1.60. The van der Waals surface area contributed by atoms with Crippen molar-refractivity contribution in [3.8, 4) is 0 Å². The molecule has 0 bridgehead atoms. The second-order valence-electron chi connectivity index (χ2n) is 6.82. The fourth-order valence-corrected chi connectivity index (χ4v) is 5.53. The Morgan fingerprint density at radius 3 is 2.61 bits per heavy atom. The molecule has 2 heterocycles. The van der Waals surface area contributed by atoms with Crippen LogP contribution in [0.3, 0.4) is 0 Å². The van der Waals surface area contributed by atoms with Gasteiger partial charge in [-0.15, -0.1) is 0 Å². The molecular weight excluding hydrogens is 422 g/mol. The van der Waals surface area contributed by atoms with Crippen LogP contribution < -0.4 is 0 Å². The largest absolute Gasteiger partial charge is 0.302 e. The molecule has 4 nitrogen and oxygen atoms in total. The van der Waals surface area contributed by atoms with E-state index in [0.717, 1.165) is 29.1 Å². The maximum Gasteiger partial charge on any atom is 0.269 e. The van der Waals surface area contributed by atoms with E-state index in [1.165, 1.54) is 36.4 Å². The van der Waals surface area contributed by atoms with Crippen LogP contribution >= 0.6 is 23.2 Å². The normalized spacial score (nSPS) is 15.8. The van der Waals surface area contributed by atoms with Crippen LogP contribution in [-0.4, -0.2) is 37.4 Å². The van der Waals surface area contributed by atoms with Crippen LogP contribution in [0.5, 0.6) is 0 Å². The summed E-state index contributed by atoms with van der Waals surface area (Å²) >= 11 is 12.1. The first-order chi connectivity index (χ1) is 13.3. The Morgan fingerprint density at radius 2 is 1.89 bits per heavy atom. The molecule has 0 atom stereocenters. The van der Waals surface area contributed by atoms with Crippen LogP contribution in [0, 0.1) is 5.82 Å². The minimum atomic E-state index is -4.02. The molecular formula is C20H17Cl2FN2O2S. The molecule has 0 saturated heterocycles. The van der Waals surface area contributed by atoms with E-state index >= 15 is 0 Å². The molecule has 1 aliphatic rings. The number of hydrogen-bond acceptors (Lipinski definition) is 3. The number of fused-ring (bicyclic) bond motifs is 1. The minimum absolute atomic E-state index is 0.0772. The number of aromatic nitrogens is 1. The summed E-state index contributed by atoms with van der Waals surface area (Å²) in [5.41, 5.74) is 2.11. The van der Waals surface area contributed by atoms with E-state index in [9.17, 15) is 12.8 Å². The molecule has 28 heavy (non-hydrogen) atoms. The van der Waals surface area contributed by atoms with Gasteiger partial charge in [0.25, 0.3) is 10.0 Å². The Labute approximate surface area is 172 Å². The van der Waals surface area contributed by atoms with Gasteiger partial charge in [0, 0.05) is 35.3 Å². The van der Waals surface area contributed by atoms with E-state index in [-0.39, 0.29) is 14.9 Å². The van der Waals surface area contributed by atoms with Crippen LogP contribution in [0.1, 0.15) is 12.0 Å². The highest BCUT2D eigenvalue weighted by atomic mass is 35.5. The average molecular weight is 439 g/mol. The molecule has 0 fully saturated rings. The summed E-state index contributed by atoms with van der Waals surface area (Å²) in [4.78, 5) is 2.07. The molecule has 1 aliphatic heterocycles. The van der Waals surface area contributed by atoms with Gasteiger partial charge in [0.15, 0.2) is 0 Å². The smallest absolute Gasteiger partial charge is 0.269 e. The van der Waals surface area contributed by atoms with Gasteiger partial charge < -0.3 is 4.90 Å². The Bertz CT molecular complexity index is 1220. The molecule has 0 aliphatic carbocycles. The van der Waals surface area contributed by atoms with Gasteiger partial charge in [0.2, 0.25) is 0 Å². The van der Waals surface area contributed by atoms with Gasteiger partial charge >= 0.3 is 0 Å². The summed E-state index contributed by atoms with van der Waals surface area (Å²) in [6, 6.07) is 8.39.